The van der Waals surface area contributed by atoms with Crippen LogP contribution >= 0.6 is 0 Å². The Morgan fingerprint density at radius 2 is 1.91 bits per heavy atom. The Morgan fingerprint density at radius 3 is 2.64 bits per heavy atom. The summed E-state index contributed by atoms with van der Waals surface area (Å²) >= 11 is 0. The topological polar surface area (TPSA) is 47.3 Å². The highest BCUT2D eigenvalue weighted by Gasteiger charge is 2.26. The quantitative estimate of drug-likeness (QED) is 0.898. The first-order chi connectivity index (χ1) is 10.7. The number of benzene rings is 1. The maximum atomic E-state index is 6.17. The third-order valence-corrected chi connectivity index (χ3v) is 5.45. The summed E-state index contributed by atoms with van der Waals surface area (Å²) in [4.78, 5) is 0. The van der Waals surface area contributed by atoms with Crippen molar-refractivity contribution in [1.82, 2.24) is 5.32 Å². The molecule has 2 fully saturated rings. The van der Waals surface area contributed by atoms with Crippen LogP contribution in [0.5, 0.6) is 0 Å². The van der Waals surface area contributed by atoms with Gasteiger partial charge in [-0.3, -0.25) is 0 Å². The van der Waals surface area contributed by atoms with E-state index in [1.165, 1.54) is 43.2 Å². The van der Waals surface area contributed by atoms with Gasteiger partial charge in [-0.1, -0.05) is 24.3 Å². The molecule has 2 aliphatic rings. The molecule has 1 aliphatic heterocycles. The van der Waals surface area contributed by atoms with Crippen LogP contribution in [0.3, 0.4) is 0 Å². The van der Waals surface area contributed by atoms with Crippen molar-refractivity contribution < 1.29 is 4.74 Å². The van der Waals surface area contributed by atoms with Crippen molar-refractivity contribution in [3.05, 3.63) is 35.4 Å². The number of rotatable bonds is 4. The van der Waals surface area contributed by atoms with Gasteiger partial charge in [0.25, 0.3) is 0 Å². The number of hydrogen-bond acceptors (Lipinski definition) is 3. The highest BCUT2D eigenvalue weighted by atomic mass is 16.5. The zero-order valence-corrected chi connectivity index (χ0v) is 13.8. The molecule has 0 spiro atoms. The summed E-state index contributed by atoms with van der Waals surface area (Å²) < 4.78 is 6.16. The number of hydrogen-bond donors (Lipinski definition) is 2. The third-order valence-electron chi connectivity index (χ3n) is 5.45. The predicted octanol–water partition coefficient (Wildman–Crippen LogP) is 3.12. The lowest BCUT2D eigenvalue weighted by Crippen LogP contribution is -2.52. The lowest BCUT2D eigenvalue weighted by molar-refractivity contribution is 0.00616. The van der Waals surface area contributed by atoms with Gasteiger partial charge in [0.1, 0.15) is 0 Å². The van der Waals surface area contributed by atoms with Crippen LogP contribution in [-0.4, -0.2) is 31.3 Å². The molecule has 3 heteroatoms. The van der Waals surface area contributed by atoms with Crippen molar-refractivity contribution in [2.45, 2.75) is 69.6 Å². The lowest BCUT2D eigenvalue weighted by Gasteiger charge is -2.33. The van der Waals surface area contributed by atoms with Crippen LogP contribution in [0.4, 0.5) is 0 Å². The van der Waals surface area contributed by atoms with Crippen LogP contribution < -0.4 is 11.1 Å². The molecule has 1 aliphatic carbocycles. The number of nitrogens with one attached hydrogen (secondary N) is 1. The molecule has 0 unspecified atom stereocenters. The van der Waals surface area contributed by atoms with E-state index < -0.39 is 0 Å². The molecule has 122 valence electrons. The Balaban J connectivity index is 1.45. The first kappa shape index (κ1) is 16.0. The van der Waals surface area contributed by atoms with Gasteiger partial charge in [-0.15, -0.1) is 0 Å². The Bertz CT molecular complexity index is 468. The zero-order valence-electron chi connectivity index (χ0n) is 13.8. The smallest absolute Gasteiger partial charge is 0.0638 e. The standard InChI is InChI=1S/C19H30N2O/c1-14-5-2-3-6-17(14)15-8-10-16(11-9-15)22-13-19-18(20)7-4-12-21-19/h2-3,5-6,15-16,18-19,21H,4,7-13,20H2,1H3/t15-,16+,18-,19-/m0/s1. The molecular weight excluding hydrogens is 272 g/mol. The largest absolute Gasteiger partial charge is 0.377 e. The third kappa shape index (κ3) is 3.89. The SMILES string of the molecule is Cc1ccccc1[C@H]1CC[C@@H](OC[C@@H]2NCCC[C@@H]2N)CC1. The van der Waals surface area contributed by atoms with E-state index in [0.29, 0.717) is 12.1 Å². The Hall–Kier alpha value is -0.900. The van der Waals surface area contributed by atoms with Gasteiger partial charge >= 0.3 is 0 Å². The normalized spacial score (nSPS) is 32.8. The number of ether oxygens (including phenoxy) is 1. The minimum atomic E-state index is 0.261. The molecule has 0 amide bonds. The van der Waals surface area contributed by atoms with E-state index in [0.717, 1.165) is 25.5 Å². The number of piperidine rings is 1. The van der Waals surface area contributed by atoms with Gasteiger partial charge in [0.2, 0.25) is 0 Å². The van der Waals surface area contributed by atoms with Crippen LogP contribution in [0.2, 0.25) is 0 Å². The molecule has 0 bridgehead atoms. The van der Waals surface area contributed by atoms with Gasteiger partial charge in [0.05, 0.1) is 12.7 Å². The second kappa shape index (κ2) is 7.58. The van der Waals surface area contributed by atoms with Crippen molar-refractivity contribution in [3.63, 3.8) is 0 Å². The summed E-state index contributed by atoms with van der Waals surface area (Å²) in [5.41, 5.74) is 9.14. The van der Waals surface area contributed by atoms with E-state index in [1.807, 2.05) is 0 Å². The second-order valence-corrected chi connectivity index (χ2v) is 7.03. The maximum Gasteiger partial charge on any atom is 0.0638 e. The van der Waals surface area contributed by atoms with Crippen molar-refractivity contribution in [1.29, 1.82) is 0 Å². The van der Waals surface area contributed by atoms with Crippen molar-refractivity contribution in [3.8, 4) is 0 Å². The summed E-state index contributed by atoms with van der Waals surface area (Å²) in [5.74, 6) is 0.719. The molecule has 0 aromatic heterocycles. The highest BCUT2D eigenvalue weighted by molar-refractivity contribution is 5.29. The van der Waals surface area contributed by atoms with Crippen LogP contribution in [0.1, 0.15) is 55.6 Å². The van der Waals surface area contributed by atoms with Gasteiger partial charge in [-0.05, 0) is 69.0 Å². The van der Waals surface area contributed by atoms with Crippen LogP contribution in [0, 0.1) is 6.92 Å². The summed E-state index contributed by atoms with van der Waals surface area (Å²) in [7, 11) is 0. The van der Waals surface area contributed by atoms with Crippen molar-refractivity contribution in [2.75, 3.05) is 13.2 Å². The molecule has 3 N–H and O–H groups in total. The fourth-order valence-electron chi connectivity index (χ4n) is 3.99. The van der Waals surface area contributed by atoms with Gasteiger partial charge in [-0.2, -0.15) is 0 Å². The van der Waals surface area contributed by atoms with Crippen molar-refractivity contribution >= 4 is 0 Å². The van der Waals surface area contributed by atoms with Gasteiger partial charge in [-0.25, -0.2) is 0 Å². The molecule has 3 rings (SSSR count). The number of aryl methyl sites for hydroxylation is 1. The molecular formula is C19H30N2O. The summed E-state index contributed by atoms with van der Waals surface area (Å²) in [6.07, 6.45) is 7.61. The molecule has 2 atom stereocenters. The molecule has 1 saturated carbocycles. The van der Waals surface area contributed by atoms with Crippen LogP contribution in [0.15, 0.2) is 24.3 Å². The van der Waals surface area contributed by atoms with Gasteiger partial charge < -0.3 is 15.8 Å². The van der Waals surface area contributed by atoms with E-state index in [2.05, 4.69) is 36.5 Å². The van der Waals surface area contributed by atoms with E-state index >= 15 is 0 Å². The Labute approximate surface area is 134 Å². The van der Waals surface area contributed by atoms with Gasteiger partial charge in [0, 0.05) is 12.1 Å². The Kier molecular flexibility index (Phi) is 5.51. The first-order valence-corrected chi connectivity index (χ1v) is 8.90. The second-order valence-electron chi connectivity index (χ2n) is 7.03. The first-order valence-electron chi connectivity index (χ1n) is 8.90. The molecule has 3 nitrogen and oxygen atoms in total. The Morgan fingerprint density at radius 1 is 1.14 bits per heavy atom. The van der Waals surface area contributed by atoms with E-state index in [1.54, 1.807) is 0 Å². The average molecular weight is 302 g/mol. The van der Waals surface area contributed by atoms with Crippen LogP contribution in [0.25, 0.3) is 0 Å². The lowest BCUT2D eigenvalue weighted by atomic mass is 9.81. The van der Waals surface area contributed by atoms with Crippen LogP contribution in [-0.2, 0) is 4.74 Å². The van der Waals surface area contributed by atoms with E-state index in [4.69, 9.17) is 10.5 Å². The fraction of sp³-hybridized carbons (Fsp3) is 0.684. The monoisotopic (exact) mass is 302 g/mol. The number of nitrogens with two attached hydrogens (primary N) is 1. The van der Waals surface area contributed by atoms with E-state index in [-0.39, 0.29) is 6.04 Å². The van der Waals surface area contributed by atoms with E-state index in [9.17, 15) is 0 Å². The summed E-state index contributed by atoms with van der Waals surface area (Å²) in [6, 6.07) is 9.44. The minimum Gasteiger partial charge on any atom is -0.377 e. The minimum absolute atomic E-state index is 0.261. The highest BCUT2D eigenvalue weighted by Crippen LogP contribution is 2.35. The van der Waals surface area contributed by atoms with Crippen molar-refractivity contribution in [2.24, 2.45) is 5.73 Å². The average Bonchev–Trinajstić information content (AvgIpc) is 2.55. The predicted molar refractivity (Wildman–Crippen MR) is 91.1 cm³/mol. The summed E-state index contributed by atoms with van der Waals surface area (Å²) in [6.45, 7) is 4.09. The fourth-order valence-corrected chi connectivity index (χ4v) is 3.99. The molecule has 1 heterocycles. The summed E-state index contributed by atoms with van der Waals surface area (Å²) in [5, 5.41) is 3.50. The van der Waals surface area contributed by atoms with Gasteiger partial charge in [0.15, 0.2) is 0 Å². The molecule has 1 saturated heterocycles. The molecule has 1 aromatic rings. The zero-order chi connectivity index (χ0) is 15.4. The maximum absolute atomic E-state index is 6.17. The molecule has 22 heavy (non-hydrogen) atoms. The molecule has 0 radical (unpaired) electrons. The molecule has 1 aromatic carbocycles.